The van der Waals surface area contributed by atoms with Crippen molar-refractivity contribution in [3.63, 3.8) is 0 Å². The summed E-state index contributed by atoms with van der Waals surface area (Å²) in [5, 5.41) is 22.2. The van der Waals surface area contributed by atoms with E-state index in [0.717, 1.165) is 19.3 Å². The molecule has 1 aliphatic rings. The third kappa shape index (κ3) is 5.33. The van der Waals surface area contributed by atoms with Crippen molar-refractivity contribution in [1.29, 1.82) is 0 Å². The SMILES string of the molecule is O=C(O)C(CN(c1ccccc1[N+](=O)[O-])C1CCCCC1)NC(=O)C(F)(F)F. The van der Waals surface area contributed by atoms with Gasteiger partial charge < -0.3 is 15.3 Å². The number of carboxylic acids is 1. The first kappa shape index (κ1) is 21.5. The van der Waals surface area contributed by atoms with Crippen LogP contribution in [-0.4, -0.2) is 46.7 Å². The van der Waals surface area contributed by atoms with Crippen LogP contribution in [0, 0.1) is 10.1 Å². The molecule has 0 saturated heterocycles. The number of nitrogens with one attached hydrogen (secondary N) is 1. The number of nitrogens with zero attached hydrogens (tertiary/aromatic N) is 2. The van der Waals surface area contributed by atoms with Crippen molar-refractivity contribution in [3.8, 4) is 0 Å². The normalized spacial score (nSPS) is 16.2. The minimum Gasteiger partial charge on any atom is -0.480 e. The minimum atomic E-state index is -5.23. The van der Waals surface area contributed by atoms with Gasteiger partial charge in [-0.2, -0.15) is 13.2 Å². The number of carbonyl (C=O) groups excluding carboxylic acids is 1. The van der Waals surface area contributed by atoms with Crippen molar-refractivity contribution in [2.45, 2.75) is 50.4 Å². The summed E-state index contributed by atoms with van der Waals surface area (Å²) in [6.45, 7) is -0.521. The van der Waals surface area contributed by atoms with Gasteiger partial charge in [0.25, 0.3) is 5.69 Å². The molecular formula is C17H20F3N3O5. The molecule has 0 spiro atoms. The van der Waals surface area contributed by atoms with Gasteiger partial charge in [0.1, 0.15) is 11.7 Å². The standard InChI is InChI=1S/C17H20F3N3O5/c18-17(19,20)16(26)21-12(15(24)25)10-22(11-6-2-1-3-7-11)13-8-4-5-9-14(13)23(27)28/h4-5,8-9,11-12H,1-3,6-7,10H2,(H,21,26)(H,24,25). The zero-order chi connectivity index (χ0) is 20.9. The number of alkyl halides is 3. The van der Waals surface area contributed by atoms with E-state index in [-0.39, 0.29) is 17.4 Å². The van der Waals surface area contributed by atoms with Crippen LogP contribution in [0.4, 0.5) is 24.5 Å². The molecule has 1 aliphatic carbocycles. The number of hydrogen-bond acceptors (Lipinski definition) is 5. The van der Waals surface area contributed by atoms with Crippen LogP contribution in [0.2, 0.25) is 0 Å². The lowest BCUT2D eigenvalue weighted by atomic mass is 9.93. The molecule has 0 aromatic heterocycles. The number of anilines is 1. The summed E-state index contributed by atoms with van der Waals surface area (Å²) in [6, 6.07) is 3.49. The van der Waals surface area contributed by atoms with E-state index in [9.17, 15) is 38.0 Å². The lowest BCUT2D eigenvalue weighted by Crippen LogP contribution is -2.54. The van der Waals surface area contributed by atoms with Crippen LogP contribution >= 0.6 is 0 Å². The number of hydrogen-bond donors (Lipinski definition) is 2. The molecule has 11 heteroatoms. The van der Waals surface area contributed by atoms with Crippen LogP contribution in [0.5, 0.6) is 0 Å². The topological polar surface area (TPSA) is 113 Å². The number of carboxylic acid groups (broad SMARTS) is 1. The van der Waals surface area contributed by atoms with E-state index in [4.69, 9.17) is 0 Å². The van der Waals surface area contributed by atoms with Crippen molar-refractivity contribution in [1.82, 2.24) is 5.32 Å². The summed E-state index contributed by atoms with van der Waals surface area (Å²) in [6.07, 6.45) is -1.42. The maximum atomic E-state index is 12.5. The predicted octanol–water partition coefficient (Wildman–Crippen LogP) is 2.87. The molecule has 0 heterocycles. The first-order valence-electron chi connectivity index (χ1n) is 8.72. The fraction of sp³-hybridized carbons (Fsp3) is 0.529. The number of carbonyl (C=O) groups is 2. The van der Waals surface area contributed by atoms with Crippen molar-refractivity contribution in [2.75, 3.05) is 11.4 Å². The molecule has 1 aromatic carbocycles. The molecule has 1 fully saturated rings. The summed E-state index contributed by atoms with van der Waals surface area (Å²) in [7, 11) is 0. The van der Waals surface area contributed by atoms with Crippen molar-refractivity contribution >= 4 is 23.3 Å². The van der Waals surface area contributed by atoms with E-state index >= 15 is 0 Å². The fourth-order valence-electron chi connectivity index (χ4n) is 3.32. The van der Waals surface area contributed by atoms with Crippen LogP contribution in [0.15, 0.2) is 24.3 Å². The second-order valence-corrected chi connectivity index (χ2v) is 6.55. The largest absolute Gasteiger partial charge is 0.480 e. The second-order valence-electron chi connectivity index (χ2n) is 6.55. The third-order valence-corrected chi connectivity index (χ3v) is 4.64. The van der Waals surface area contributed by atoms with Gasteiger partial charge in [-0.15, -0.1) is 0 Å². The summed E-state index contributed by atoms with van der Waals surface area (Å²) in [4.78, 5) is 34.9. The molecule has 8 nitrogen and oxygen atoms in total. The molecule has 28 heavy (non-hydrogen) atoms. The molecule has 0 radical (unpaired) electrons. The van der Waals surface area contributed by atoms with Crippen molar-refractivity contribution < 1.29 is 32.8 Å². The lowest BCUT2D eigenvalue weighted by Gasteiger charge is -2.37. The minimum absolute atomic E-state index is 0.118. The van der Waals surface area contributed by atoms with Gasteiger partial charge >= 0.3 is 18.1 Å². The third-order valence-electron chi connectivity index (χ3n) is 4.64. The Morgan fingerprint density at radius 3 is 2.39 bits per heavy atom. The molecule has 1 unspecified atom stereocenters. The zero-order valence-electron chi connectivity index (χ0n) is 14.8. The number of rotatable bonds is 7. The van der Waals surface area contributed by atoms with E-state index in [1.807, 2.05) is 0 Å². The average Bonchev–Trinajstić information content (AvgIpc) is 2.64. The van der Waals surface area contributed by atoms with Crippen LogP contribution in [0.1, 0.15) is 32.1 Å². The molecule has 2 rings (SSSR count). The molecule has 1 atom stereocenters. The fourth-order valence-corrected chi connectivity index (χ4v) is 3.32. The van der Waals surface area contributed by atoms with E-state index in [0.29, 0.717) is 12.8 Å². The Morgan fingerprint density at radius 1 is 1.25 bits per heavy atom. The van der Waals surface area contributed by atoms with E-state index < -0.39 is 35.6 Å². The summed E-state index contributed by atoms with van der Waals surface area (Å²) in [5.74, 6) is -4.02. The van der Waals surface area contributed by atoms with E-state index in [1.54, 1.807) is 0 Å². The summed E-state index contributed by atoms with van der Waals surface area (Å²) < 4.78 is 37.6. The van der Waals surface area contributed by atoms with E-state index in [2.05, 4.69) is 0 Å². The Bertz CT molecular complexity index is 735. The van der Waals surface area contributed by atoms with Gasteiger partial charge in [0, 0.05) is 18.7 Å². The monoisotopic (exact) mass is 403 g/mol. The van der Waals surface area contributed by atoms with Gasteiger partial charge in [-0.3, -0.25) is 14.9 Å². The quantitative estimate of drug-likeness (QED) is 0.535. The molecule has 1 amide bonds. The van der Waals surface area contributed by atoms with Crippen LogP contribution in [-0.2, 0) is 9.59 Å². The van der Waals surface area contributed by atoms with Gasteiger partial charge in [-0.1, -0.05) is 31.4 Å². The number of aliphatic carboxylic acids is 1. The van der Waals surface area contributed by atoms with Crippen LogP contribution in [0.3, 0.4) is 0 Å². The van der Waals surface area contributed by atoms with Gasteiger partial charge in [-0.05, 0) is 18.9 Å². The Morgan fingerprint density at radius 2 is 1.86 bits per heavy atom. The number of nitro benzene ring substituents is 1. The van der Waals surface area contributed by atoms with Gasteiger partial charge in [0.2, 0.25) is 0 Å². The molecule has 1 aromatic rings. The number of nitro groups is 1. The number of halogens is 3. The lowest BCUT2D eigenvalue weighted by molar-refractivity contribution is -0.384. The summed E-state index contributed by atoms with van der Waals surface area (Å²) in [5.41, 5.74) is -0.161. The summed E-state index contributed by atoms with van der Waals surface area (Å²) >= 11 is 0. The van der Waals surface area contributed by atoms with E-state index in [1.165, 1.54) is 34.5 Å². The Labute approximate surface area is 158 Å². The average molecular weight is 403 g/mol. The van der Waals surface area contributed by atoms with Crippen LogP contribution < -0.4 is 10.2 Å². The van der Waals surface area contributed by atoms with Gasteiger partial charge in [-0.25, -0.2) is 4.79 Å². The number of amides is 1. The highest BCUT2D eigenvalue weighted by atomic mass is 19.4. The Balaban J connectivity index is 2.37. The van der Waals surface area contributed by atoms with Crippen molar-refractivity contribution in [3.05, 3.63) is 34.4 Å². The highest BCUT2D eigenvalue weighted by Gasteiger charge is 2.42. The number of benzene rings is 1. The highest BCUT2D eigenvalue weighted by Crippen LogP contribution is 2.33. The molecule has 2 N–H and O–H groups in total. The Kier molecular flexibility index (Phi) is 6.81. The molecule has 0 aliphatic heterocycles. The van der Waals surface area contributed by atoms with Crippen molar-refractivity contribution in [2.24, 2.45) is 0 Å². The first-order chi connectivity index (χ1) is 13.1. The number of para-hydroxylation sites is 2. The smallest absolute Gasteiger partial charge is 0.471 e. The maximum Gasteiger partial charge on any atom is 0.471 e. The molecule has 1 saturated carbocycles. The molecular weight excluding hydrogens is 383 g/mol. The van der Waals surface area contributed by atoms with Crippen LogP contribution in [0.25, 0.3) is 0 Å². The first-order valence-corrected chi connectivity index (χ1v) is 8.72. The Hall–Kier alpha value is -2.85. The van der Waals surface area contributed by atoms with Gasteiger partial charge in [0.15, 0.2) is 0 Å². The molecule has 0 bridgehead atoms. The highest BCUT2D eigenvalue weighted by molar-refractivity contribution is 5.87. The molecule has 154 valence electrons. The maximum absolute atomic E-state index is 12.5. The second kappa shape index (κ2) is 8.89. The van der Waals surface area contributed by atoms with Gasteiger partial charge in [0.05, 0.1) is 4.92 Å². The zero-order valence-corrected chi connectivity index (χ0v) is 14.8. The predicted molar refractivity (Wildman–Crippen MR) is 92.9 cm³/mol.